The minimum absolute atomic E-state index is 0.225. The van der Waals surface area contributed by atoms with E-state index in [9.17, 15) is 4.79 Å². The first-order valence-electron chi connectivity index (χ1n) is 6.64. The highest BCUT2D eigenvalue weighted by Gasteiger charge is 2.16. The molecule has 0 heterocycles. The Labute approximate surface area is 124 Å². The van der Waals surface area contributed by atoms with Gasteiger partial charge in [0.1, 0.15) is 0 Å². The molecule has 20 heavy (non-hydrogen) atoms. The van der Waals surface area contributed by atoms with Crippen LogP contribution in [0.15, 0.2) is 54.6 Å². The van der Waals surface area contributed by atoms with E-state index in [2.05, 4.69) is 0 Å². The second-order valence-electron chi connectivity index (χ2n) is 4.45. The molecule has 0 radical (unpaired) electrons. The molecule has 0 N–H and O–H groups in total. The molecule has 0 saturated carbocycles. The molecule has 3 heteroatoms. The van der Waals surface area contributed by atoms with Crippen LogP contribution in [0.1, 0.15) is 29.0 Å². The summed E-state index contributed by atoms with van der Waals surface area (Å²) in [5, 5.41) is -0.262. The van der Waals surface area contributed by atoms with Gasteiger partial charge in [-0.1, -0.05) is 54.6 Å². The zero-order valence-corrected chi connectivity index (χ0v) is 12.1. The second kappa shape index (κ2) is 7.11. The molecule has 0 aliphatic heterocycles. The van der Waals surface area contributed by atoms with E-state index in [1.54, 1.807) is 6.92 Å². The zero-order chi connectivity index (χ0) is 14.4. The predicted octanol–water partition coefficient (Wildman–Crippen LogP) is 4.12. The molecule has 0 bridgehead atoms. The Bertz CT molecular complexity index is 566. The fraction of sp³-hybridized carbons (Fsp3) is 0.235. The lowest BCUT2D eigenvalue weighted by Gasteiger charge is -2.15. The molecule has 0 saturated heterocycles. The summed E-state index contributed by atoms with van der Waals surface area (Å²) in [4.78, 5) is 11.7. The number of ether oxygens (including phenoxy) is 1. The average molecular weight is 289 g/mol. The number of alkyl halides is 1. The summed E-state index contributed by atoms with van der Waals surface area (Å²) in [6.07, 6.45) is 0.250. The number of benzene rings is 2. The molecule has 0 fully saturated rings. The first kappa shape index (κ1) is 14.6. The summed E-state index contributed by atoms with van der Waals surface area (Å²) in [6.45, 7) is 2.20. The zero-order valence-electron chi connectivity index (χ0n) is 11.4. The van der Waals surface area contributed by atoms with E-state index >= 15 is 0 Å². The molecule has 1 atom stereocenters. The Morgan fingerprint density at radius 2 is 1.75 bits per heavy atom. The standard InChI is InChI=1S/C17H17ClO2/c1-2-20-16(19)12-14-10-6-7-11-15(14)17(18)13-8-4-3-5-9-13/h3-11,17H,2,12H2,1H3. The molecule has 0 aliphatic carbocycles. The van der Waals surface area contributed by atoms with Gasteiger partial charge in [0.25, 0.3) is 0 Å². The van der Waals surface area contributed by atoms with E-state index in [4.69, 9.17) is 16.3 Å². The minimum Gasteiger partial charge on any atom is -0.466 e. The number of rotatable bonds is 5. The van der Waals surface area contributed by atoms with E-state index < -0.39 is 0 Å². The SMILES string of the molecule is CCOC(=O)Cc1ccccc1C(Cl)c1ccccc1. The summed E-state index contributed by atoms with van der Waals surface area (Å²) in [6, 6.07) is 17.6. The predicted molar refractivity (Wildman–Crippen MR) is 80.9 cm³/mol. The maximum Gasteiger partial charge on any atom is 0.310 e. The Balaban J connectivity index is 2.25. The minimum atomic E-state index is -0.262. The van der Waals surface area contributed by atoms with Crippen molar-refractivity contribution in [3.8, 4) is 0 Å². The maximum atomic E-state index is 11.7. The van der Waals surface area contributed by atoms with Crippen LogP contribution < -0.4 is 0 Å². The van der Waals surface area contributed by atoms with Gasteiger partial charge >= 0.3 is 5.97 Å². The molecule has 0 amide bonds. The molecule has 0 aromatic heterocycles. The van der Waals surface area contributed by atoms with Crippen LogP contribution >= 0.6 is 11.6 Å². The summed E-state index contributed by atoms with van der Waals surface area (Å²) < 4.78 is 5.00. The third-order valence-corrected chi connectivity index (χ3v) is 3.55. The van der Waals surface area contributed by atoms with Crippen LogP contribution in [-0.4, -0.2) is 12.6 Å². The van der Waals surface area contributed by atoms with Crippen molar-refractivity contribution in [2.24, 2.45) is 0 Å². The molecule has 2 rings (SSSR count). The van der Waals surface area contributed by atoms with E-state index in [-0.39, 0.29) is 17.8 Å². The van der Waals surface area contributed by atoms with Crippen LogP contribution in [0.4, 0.5) is 0 Å². The first-order valence-corrected chi connectivity index (χ1v) is 7.08. The van der Waals surface area contributed by atoms with E-state index in [1.165, 1.54) is 0 Å². The lowest BCUT2D eigenvalue weighted by Crippen LogP contribution is -2.10. The van der Waals surface area contributed by atoms with Gasteiger partial charge in [-0.25, -0.2) is 0 Å². The van der Waals surface area contributed by atoms with Gasteiger partial charge in [0.15, 0.2) is 0 Å². The fourth-order valence-corrected chi connectivity index (χ4v) is 2.47. The van der Waals surface area contributed by atoms with Gasteiger partial charge in [-0.3, -0.25) is 4.79 Å². The van der Waals surface area contributed by atoms with E-state index in [0.717, 1.165) is 16.7 Å². The summed E-state index contributed by atoms with van der Waals surface area (Å²) >= 11 is 6.55. The largest absolute Gasteiger partial charge is 0.466 e. The lowest BCUT2D eigenvalue weighted by atomic mass is 9.97. The second-order valence-corrected chi connectivity index (χ2v) is 4.89. The summed E-state index contributed by atoms with van der Waals surface area (Å²) in [5.74, 6) is -0.225. The van der Waals surface area contributed by atoms with Crippen molar-refractivity contribution in [1.29, 1.82) is 0 Å². The molecule has 2 aromatic carbocycles. The van der Waals surface area contributed by atoms with Gasteiger partial charge in [-0.2, -0.15) is 0 Å². The molecule has 1 unspecified atom stereocenters. The molecule has 0 aliphatic rings. The number of carbonyl (C=O) groups is 1. The van der Waals surface area contributed by atoms with Crippen LogP contribution in [-0.2, 0) is 16.0 Å². The fourth-order valence-electron chi connectivity index (χ4n) is 2.11. The van der Waals surface area contributed by atoms with Gasteiger partial charge in [0.05, 0.1) is 18.4 Å². The lowest BCUT2D eigenvalue weighted by molar-refractivity contribution is -0.142. The molecule has 104 valence electrons. The molecular formula is C17H17ClO2. The average Bonchev–Trinajstić information content (AvgIpc) is 2.48. The molecule has 2 nitrogen and oxygen atoms in total. The number of halogens is 1. The van der Waals surface area contributed by atoms with Crippen molar-refractivity contribution in [3.63, 3.8) is 0 Å². The Morgan fingerprint density at radius 1 is 1.10 bits per heavy atom. The number of carbonyl (C=O) groups excluding carboxylic acids is 1. The van der Waals surface area contributed by atoms with Crippen molar-refractivity contribution in [3.05, 3.63) is 71.3 Å². The van der Waals surface area contributed by atoms with E-state index in [0.29, 0.717) is 6.61 Å². The maximum absolute atomic E-state index is 11.7. The normalized spacial score (nSPS) is 11.9. The Hall–Kier alpha value is -1.80. The van der Waals surface area contributed by atoms with Gasteiger partial charge < -0.3 is 4.74 Å². The van der Waals surface area contributed by atoms with Crippen molar-refractivity contribution in [2.45, 2.75) is 18.7 Å². The smallest absolute Gasteiger partial charge is 0.310 e. The van der Waals surface area contributed by atoms with Crippen LogP contribution in [0.3, 0.4) is 0 Å². The van der Waals surface area contributed by atoms with Crippen LogP contribution in [0, 0.1) is 0 Å². The third kappa shape index (κ3) is 3.61. The molecular weight excluding hydrogens is 272 g/mol. The monoisotopic (exact) mass is 288 g/mol. The van der Waals surface area contributed by atoms with Crippen molar-refractivity contribution in [2.75, 3.05) is 6.61 Å². The topological polar surface area (TPSA) is 26.3 Å². The Kier molecular flexibility index (Phi) is 5.19. The molecule has 0 spiro atoms. The molecule has 2 aromatic rings. The van der Waals surface area contributed by atoms with Crippen molar-refractivity contribution >= 4 is 17.6 Å². The first-order chi connectivity index (χ1) is 9.72. The van der Waals surface area contributed by atoms with Gasteiger partial charge in [-0.15, -0.1) is 11.6 Å². The number of hydrogen-bond donors (Lipinski definition) is 0. The van der Waals surface area contributed by atoms with Crippen LogP contribution in [0.5, 0.6) is 0 Å². The number of esters is 1. The summed E-state index contributed by atoms with van der Waals surface area (Å²) in [5.41, 5.74) is 2.88. The highest BCUT2D eigenvalue weighted by Crippen LogP contribution is 2.31. The summed E-state index contributed by atoms with van der Waals surface area (Å²) in [7, 11) is 0. The van der Waals surface area contributed by atoms with Gasteiger partial charge in [0, 0.05) is 0 Å². The van der Waals surface area contributed by atoms with Crippen LogP contribution in [0.2, 0.25) is 0 Å². The quantitative estimate of drug-likeness (QED) is 0.611. The van der Waals surface area contributed by atoms with Gasteiger partial charge in [-0.05, 0) is 23.6 Å². The van der Waals surface area contributed by atoms with E-state index in [1.807, 2.05) is 54.6 Å². The highest BCUT2D eigenvalue weighted by atomic mass is 35.5. The van der Waals surface area contributed by atoms with Crippen molar-refractivity contribution < 1.29 is 9.53 Å². The number of hydrogen-bond acceptors (Lipinski definition) is 2. The van der Waals surface area contributed by atoms with Gasteiger partial charge in [0.2, 0.25) is 0 Å². The van der Waals surface area contributed by atoms with Crippen LogP contribution in [0.25, 0.3) is 0 Å². The van der Waals surface area contributed by atoms with Crippen molar-refractivity contribution in [1.82, 2.24) is 0 Å². The Morgan fingerprint density at radius 3 is 2.45 bits per heavy atom. The highest BCUT2D eigenvalue weighted by molar-refractivity contribution is 6.22. The third-order valence-electron chi connectivity index (χ3n) is 3.06.